The normalized spacial score (nSPS) is 12.8. The molecule has 0 saturated carbocycles. The average Bonchev–Trinajstić information content (AvgIpc) is 2.55. The van der Waals surface area contributed by atoms with Crippen LogP contribution in [0, 0.1) is 6.92 Å². The Kier molecular flexibility index (Phi) is 5.23. The van der Waals surface area contributed by atoms with Gasteiger partial charge >= 0.3 is 6.18 Å². The molecule has 0 unspecified atom stereocenters. The fraction of sp³-hybridized carbons (Fsp3) is 0.294. The van der Waals surface area contributed by atoms with Crippen molar-refractivity contribution in [2.24, 2.45) is 0 Å². The van der Waals surface area contributed by atoms with Gasteiger partial charge in [0.25, 0.3) is 5.91 Å². The molecule has 1 amide bonds. The number of carbonyl (C=O) groups is 1. The summed E-state index contributed by atoms with van der Waals surface area (Å²) >= 11 is 0. The van der Waals surface area contributed by atoms with Gasteiger partial charge in [0, 0.05) is 13.2 Å². The van der Waals surface area contributed by atoms with Crippen molar-refractivity contribution in [2.45, 2.75) is 25.7 Å². The maximum atomic E-state index is 12.5. The minimum absolute atomic E-state index is 0.109. The maximum absolute atomic E-state index is 12.5. The molecule has 1 N–H and O–H groups in total. The molecule has 128 valence electrons. The number of nitrogens with zero attached hydrogens (tertiary/aromatic N) is 2. The predicted octanol–water partition coefficient (Wildman–Crippen LogP) is 3.10. The molecule has 0 spiro atoms. The number of amides is 1. The number of aromatic nitrogens is 1. The first kappa shape index (κ1) is 17.9. The lowest BCUT2D eigenvalue weighted by atomic mass is 10.1. The van der Waals surface area contributed by atoms with Crippen LogP contribution in [-0.4, -0.2) is 27.9 Å². The van der Waals surface area contributed by atoms with Gasteiger partial charge in [0.2, 0.25) is 0 Å². The molecule has 1 heterocycles. The van der Waals surface area contributed by atoms with Gasteiger partial charge in [-0.05, 0) is 36.2 Å². The summed E-state index contributed by atoms with van der Waals surface area (Å²) in [5, 5.41) is 10.1. The van der Waals surface area contributed by atoms with E-state index in [1.165, 1.54) is 11.9 Å². The van der Waals surface area contributed by atoms with Gasteiger partial charge < -0.3 is 10.0 Å². The van der Waals surface area contributed by atoms with Crippen LogP contribution in [0.2, 0.25) is 0 Å². The second-order valence-electron chi connectivity index (χ2n) is 5.48. The van der Waals surface area contributed by atoms with Crippen molar-refractivity contribution in [3.8, 4) is 0 Å². The number of carbonyl (C=O) groups excluding carboxylic acids is 1. The third-order valence-electron chi connectivity index (χ3n) is 3.67. The second-order valence-corrected chi connectivity index (χ2v) is 5.48. The Balaban J connectivity index is 2.10. The largest absolute Gasteiger partial charge is 0.416 e. The lowest BCUT2D eigenvalue weighted by Gasteiger charge is -2.21. The van der Waals surface area contributed by atoms with Crippen LogP contribution in [0.15, 0.2) is 42.6 Å². The SMILES string of the molecule is Cc1cccnc1CN(C)C(=O)[C@H](O)c1ccc(C(F)(F)F)cc1. The van der Waals surface area contributed by atoms with Crippen LogP contribution in [0.25, 0.3) is 0 Å². The summed E-state index contributed by atoms with van der Waals surface area (Å²) in [6.45, 7) is 2.05. The van der Waals surface area contributed by atoms with Crippen LogP contribution < -0.4 is 0 Å². The van der Waals surface area contributed by atoms with E-state index in [-0.39, 0.29) is 12.1 Å². The summed E-state index contributed by atoms with van der Waals surface area (Å²) in [4.78, 5) is 17.7. The van der Waals surface area contributed by atoms with Gasteiger partial charge in [0.1, 0.15) is 0 Å². The smallest absolute Gasteiger partial charge is 0.378 e. The number of likely N-dealkylation sites (N-methyl/N-ethyl adjacent to an activating group) is 1. The van der Waals surface area contributed by atoms with Crippen molar-refractivity contribution in [1.29, 1.82) is 0 Å². The summed E-state index contributed by atoms with van der Waals surface area (Å²) in [6.07, 6.45) is -4.38. The summed E-state index contributed by atoms with van der Waals surface area (Å²) in [5.41, 5.74) is 0.870. The molecule has 0 aliphatic rings. The lowest BCUT2D eigenvalue weighted by molar-refractivity contribution is -0.139. The number of aliphatic hydroxyl groups is 1. The van der Waals surface area contributed by atoms with Crippen molar-refractivity contribution in [2.75, 3.05) is 7.05 Å². The number of aryl methyl sites for hydroxylation is 1. The molecule has 2 aromatic rings. The van der Waals surface area contributed by atoms with Crippen molar-refractivity contribution >= 4 is 5.91 Å². The highest BCUT2D eigenvalue weighted by molar-refractivity contribution is 5.81. The number of alkyl halides is 3. The zero-order valence-corrected chi connectivity index (χ0v) is 13.2. The molecule has 7 heteroatoms. The fourth-order valence-corrected chi connectivity index (χ4v) is 2.19. The number of pyridine rings is 1. The van der Waals surface area contributed by atoms with Crippen LogP contribution in [0.1, 0.15) is 28.5 Å². The fourth-order valence-electron chi connectivity index (χ4n) is 2.19. The first-order valence-electron chi connectivity index (χ1n) is 7.21. The second kappa shape index (κ2) is 7.00. The van der Waals surface area contributed by atoms with Gasteiger partial charge in [-0.1, -0.05) is 18.2 Å². The molecule has 0 bridgehead atoms. The average molecular weight is 338 g/mol. The van der Waals surface area contributed by atoms with E-state index in [4.69, 9.17) is 0 Å². The van der Waals surface area contributed by atoms with E-state index in [9.17, 15) is 23.1 Å². The van der Waals surface area contributed by atoms with Crippen LogP contribution in [0.4, 0.5) is 13.2 Å². The van der Waals surface area contributed by atoms with E-state index in [1.54, 1.807) is 12.3 Å². The molecule has 0 aliphatic carbocycles. The molecule has 4 nitrogen and oxygen atoms in total. The van der Waals surface area contributed by atoms with Crippen LogP contribution in [-0.2, 0) is 17.5 Å². The van der Waals surface area contributed by atoms with Crippen LogP contribution in [0.3, 0.4) is 0 Å². The van der Waals surface area contributed by atoms with Crippen molar-refractivity contribution in [1.82, 2.24) is 9.88 Å². The Bertz CT molecular complexity index is 715. The molecule has 0 aliphatic heterocycles. The molecule has 1 aromatic heterocycles. The molecule has 0 saturated heterocycles. The molecule has 0 radical (unpaired) electrons. The number of hydrogen-bond acceptors (Lipinski definition) is 3. The summed E-state index contributed by atoms with van der Waals surface area (Å²) in [6, 6.07) is 7.52. The Morgan fingerprint density at radius 3 is 2.42 bits per heavy atom. The number of halogens is 3. The summed E-state index contributed by atoms with van der Waals surface area (Å²) in [5.74, 6) is -0.611. The van der Waals surface area contributed by atoms with Crippen molar-refractivity contribution in [3.05, 3.63) is 65.0 Å². The van der Waals surface area contributed by atoms with Gasteiger partial charge in [0.15, 0.2) is 6.10 Å². The number of rotatable bonds is 4. The number of aliphatic hydroxyl groups excluding tert-OH is 1. The summed E-state index contributed by atoms with van der Waals surface area (Å²) < 4.78 is 37.6. The van der Waals surface area contributed by atoms with Gasteiger partial charge in [-0.15, -0.1) is 0 Å². The highest BCUT2D eigenvalue weighted by Gasteiger charge is 2.31. The Morgan fingerprint density at radius 1 is 1.25 bits per heavy atom. The zero-order chi connectivity index (χ0) is 17.9. The molecular formula is C17H17F3N2O2. The molecule has 1 aromatic carbocycles. The highest BCUT2D eigenvalue weighted by Crippen LogP contribution is 2.30. The van der Waals surface area contributed by atoms with E-state index < -0.39 is 23.8 Å². The Labute approximate surface area is 137 Å². The predicted molar refractivity (Wildman–Crippen MR) is 81.9 cm³/mol. The van der Waals surface area contributed by atoms with Crippen molar-refractivity contribution in [3.63, 3.8) is 0 Å². The van der Waals surface area contributed by atoms with Gasteiger partial charge in [-0.2, -0.15) is 13.2 Å². The molecular weight excluding hydrogens is 321 g/mol. The lowest BCUT2D eigenvalue weighted by Crippen LogP contribution is -2.31. The monoisotopic (exact) mass is 338 g/mol. The molecule has 24 heavy (non-hydrogen) atoms. The Hall–Kier alpha value is -2.41. The van der Waals surface area contributed by atoms with Crippen molar-refractivity contribution < 1.29 is 23.1 Å². The number of benzene rings is 1. The van der Waals surface area contributed by atoms with Crippen LogP contribution >= 0.6 is 0 Å². The molecule has 0 fully saturated rings. The van der Waals surface area contributed by atoms with E-state index in [2.05, 4.69) is 4.98 Å². The first-order chi connectivity index (χ1) is 11.2. The highest BCUT2D eigenvalue weighted by atomic mass is 19.4. The minimum Gasteiger partial charge on any atom is -0.378 e. The standard InChI is InChI=1S/C17H17F3N2O2/c1-11-4-3-9-21-14(11)10-22(2)16(24)15(23)12-5-7-13(8-6-12)17(18,19)20/h3-9,15,23H,10H2,1-2H3/t15-/m1/s1. The topological polar surface area (TPSA) is 53.4 Å². The van der Waals surface area contributed by atoms with E-state index in [0.29, 0.717) is 5.69 Å². The summed E-state index contributed by atoms with van der Waals surface area (Å²) in [7, 11) is 1.50. The molecule has 2 rings (SSSR count). The quantitative estimate of drug-likeness (QED) is 0.932. The minimum atomic E-state index is -4.46. The third-order valence-corrected chi connectivity index (χ3v) is 3.67. The van der Waals surface area contributed by atoms with E-state index in [1.807, 2.05) is 13.0 Å². The van der Waals surface area contributed by atoms with Crippen LogP contribution in [0.5, 0.6) is 0 Å². The van der Waals surface area contributed by atoms with Gasteiger partial charge in [0.05, 0.1) is 17.8 Å². The molecule has 1 atom stereocenters. The maximum Gasteiger partial charge on any atom is 0.416 e. The van der Waals surface area contributed by atoms with Gasteiger partial charge in [-0.25, -0.2) is 0 Å². The van der Waals surface area contributed by atoms with E-state index in [0.717, 1.165) is 29.8 Å². The van der Waals surface area contributed by atoms with E-state index >= 15 is 0 Å². The first-order valence-corrected chi connectivity index (χ1v) is 7.21. The Morgan fingerprint density at radius 2 is 1.88 bits per heavy atom. The zero-order valence-electron chi connectivity index (χ0n) is 13.2. The van der Waals surface area contributed by atoms with Gasteiger partial charge in [-0.3, -0.25) is 9.78 Å². The third kappa shape index (κ3) is 4.11. The number of hydrogen-bond donors (Lipinski definition) is 1.